The minimum absolute atomic E-state index is 0.113. The molecule has 178 valence electrons. The summed E-state index contributed by atoms with van der Waals surface area (Å²) in [6.45, 7) is 9.75. The van der Waals surface area contributed by atoms with E-state index in [4.69, 9.17) is 5.26 Å². The van der Waals surface area contributed by atoms with Crippen LogP contribution in [0.3, 0.4) is 0 Å². The van der Waals surface area contributed by atoms with Gasteiger partial charge in [0.05, 0.1) is 17.1 Å². The van der Waals surface area contributed by atoms with Crippen LogP contribution in [0.5, 0.6) is 0 Å². The second-order valence-electron chi connectivity index (χ2n) is 7.70. The van der Waals surface area contributed by atoms with Crippen molar-refractivity contribution in [3.8, 4) is 17.2 Å². The SMILES string of the molecule is CCN(CC)CCCS(=O)(=O)NC(=O)Nc1c(-c2ccnc(C#N)c2)cc(F)nc1C(C)C. The molecule has 0 bridgehead atoms. The third-order valence-corrected chi connectivity index (χ3v) is 6.34. The van der Waals surface area contributed by atoms with Gasteiger partial charge in [-0.1, -0.05) is 27.7 Å². The van der Waals surface area contributed by atoms with E-state index in [0.29, 0.717) is 18.5 Å². The van der Waals surface area contributed by atoms with Crippen molar-refractivity contribution in [2.24, 2.45) is 0 Å². The lowest BCUT2D eigenvalue weighted by atomic mass is 9.99. The lowest BCUT2D eigenvalue weighted by molar-refractivity contribution is 0.256. The number of sulfonamides is 1. The number of halogens is 1. The van der Waals surface area contributed by atoms with Crippen LogP contribution < -0.4 is 10.0 Å². The Balaban J connectivity index is 2.30. The maximum Gasteiger partial charge on any atom is 0.332 e. The molecule has 2 aromatic rings. The van der Waals surface area contributed by atoms with Crippen LogP contribution in [0.1, 0.15) is 51.4 Å². The van der Waals surface area contributed by atoms with Crippen molar-refractivity contribution in [2.75, 3.05) is 30.7 Å². The maximum absolute atomic E-state index is 14.3. The molecule has 0 unspecified atom stereocenters. The third-order valence-electron chi connectivity index (χ3n) is 5.02. The van der Waals surface area contributed by atoms with Crippen LogP contribution in [-0.4, -0.2) is 54.7 Å². The number of nitriles is 1. The number of aromatic nitrogens is 2. The number of anilines is 1. The molecule has 0 aromatic carbocycles. The molecule has 0 aliphatic heterocycles. The molecule has 11 heteroatoms. The normalized spacial score (nSPS) is 11.5. The molecule has 33 heavy (non-hydrogen) atoms. The predicted octanol–water partition coefficient (Wildman–Crippen LogP) is 3.46. The van der Waals surface area contributed by atoms with E-state index in [1.165, 1.54) is 12.3 Å². The minimum atomic E-state index is -3.88. The molecule has 9 nitrogen and oxygen atoms in total. The minimum Gasteiger partial charge on any atom is -0.305 e. The summed E-state index contributed by atoms with van der Waals surface area (Å²) in [5.74, 6) is -1.25. The van der Waals surface area contributed by atoms with E-state index >= 15 is 0 Å². The number of carbonyl (C=O) groups is 1. The van der Waals surface area contributed by atoms with Gasteiger partial charge in [0.25, 0.3) is 0 Å². The van der Waals surface area contributed by atoms with Gasteiger partial charge in [-0.3, -0.25) is 0 Å². The summed E-state index contributed by atoms with van der Waals surface area (Å²) in [6, 6.07) is 5.08. The molecular weight excluding hydrogens is 447 g/mol. The van der Waals surface area contributed by atoms with Crippen LogP contribution in [0.25, 0.3) is 11.1 Å². The molecule has 0 aliphatic carbocycles. The van der Waals surface area contributed by atoms with Gasteiger partial charge >= 0.3 is 6.03 Å². The summed E-state index contributed by atoms with van der Waals surface area (Å²) in [5, 5.41) is 11.7. The summed E-state index contributed by atoms with van der Waals surface area (Å²) >= 11 is 0. The first-order chi connectivity index (χ1) is 15.6. The second-order valence-corrected chi connectivity index (χ2v) is 9.55. The van der Waals surface area contributed by atoms with Crippen molar-refractivity contribution in [3.63, 3.8) is 0 Å². The number of pyridine rings is 2. The average molecular weight is 477 g/mol. The Kier molecular flexibility index (Phi) is 9.25. The first-order valence-electron chi connectivity index (χ1n) is 10.7. The number of urea groups is 1. The van der Waals surface area contributed by atoms with Crippen LogP contribution in [0.15, 0.2) is 24.4 Å². The van der Waals surface area contributed by atoms with Crippen molar-refractivity contribution < 1.29 is 17.6 Å². The number of carbonyl (C=O) groups excluding carboxylic acids is 1. The monoisotopic (exact) mass is 476 g/mol. The number of amides is 2. The standard InChI is InChI=1S/C22H29FN6O3S/c1-5-29(6-2)10-7-11-33(31,32)28-22(30)27-21-18(13-19(23)26-20(21)15(3)4)16-8-9-25-17(12-16)14-24/h8-9,12-13,15H,5-7,10-11H2,1-4H3,(H2,27,28,30). The van der Waals surface area contributed by atoms with Crippen LogP contribution in [0.2, 0.25) is 0 Å². The molecule has 0 saturated heterocycles. The van der Waals surface area contributed by atoms with Gasteiger partial charge in [-0.05, 0) is 49.7 Å². The molecular formula is C22H29FN6O3S. The highest BCUT2D eigenvalue weighted by atomic mass is 32.2. The van der Waals surface area contributed by atoms with Crippen LogP contribution >= 0.6 is 0 Å². The number of nitrogens with one attached hydrogen (secondary N) is 2. The quantitative estimate of drug-likeness (QED) is 0.503. The molecule has 0 fully saturated rings. The number of hydrogen-bond acceptors (Lipinski definition) is 7. The zero-order valence-corrected chi connectivity index (χ0v) is 20.0. The highest BCUT2D eigenvalue weighted by molar-refractivity contribution is 7.90. The van der Waals surface area contributed by atoms with Gasteiger partial charge in [-0.15, -0.1) is 0 Å². The average Bonchev–Trinajstić information content (AvgIpc) is 2.77. The van der Waals surface area contributed by atoms with Crippen LogP contribution in [-0.2, 0) is 10.0 Å². The number of nitrogens with zero attached hydrogens (tertiary/aromatic N) is 4. The Hall–Kier alpha value is -3.10. The van der Waals surface area contributed by atoms with Crippen molar-refractivity contribution in [1.29, 1.82) is 5.26 Å². The first-order valence-corrected chi connectivity index (χ1v) is 12.4. The van der Waals surface area contributed by atoms with Crippen LogP contribution in [0, 0.1) is 17.3 Å². The maximum atomic E-state index is 14.3. The largest absolute Gasteiger partial charge is 0.332 e. The Bertz CT molecular complexity index is 1130. The molecule has 0 radical (unpaired) electrons. The summed E-state index contributed by atoms with van der Waals surface area (Å²) in [6.07, 6.45) is 1.77. The van der Waals surface area contributed by atoms with E-state index in [1.807, 2.05) is 24.6 Å². The van der Waals surface area contributed by atoms with Gasteiger partial charge in [-0.2, -0.15) is 9.65 Å². The topological polar surface area (TPSA) is 128 Å². The molecule has 0 atom stereocenters. The lowest BCUT2D eigenvalue weighted by Crippen LogP contribution is -2.37. The summed E-state index contributed by atoms with van der Waals surface area (Å²) in [7, 11) is -3.88. The van der Waals surface area contributed by atoms with E-state index < -0.39 is 22.0 Å². The molecule has 2 heterocycles. The third kappa shape index (κ3) is 7.47. The Morgan fingerprint density at radius 2 is 1.97 bits per heavy atom. The Morgan fingerprint density at radius 3 is 2.58 bits per heavy atom. The second kappa shape index (κ2) is 11.7. The van der Waals surface area contributed by atoms with Gasteiger partial charge in [-0.25, -0.2) is 27.9 Å². The number of hydrogen-bond donors (Lipinski definition) is 2. The summed E-state index contributed by atoms with van der Waals surface area (Å²) in [5.41, 5.74) is 1.22. The van der Waals surface area contributed by atoms with E-state index in [2.05, 4.69) is 20.2 Å². The molecule has 0 aliphatic rings. The van der Waals surface area contributed by atoms with Crippen molar-refractivity contribution in [3.05, 3.63) is 41.7 Å². The fourth-order valence-electron chi connectivity index (χ4n) is 3.32. The molecule has 0 spiro atoms. The fourth-order valence-corrected chi connectivity index (χ4v) is 4.26. The Morgan fingerprint density at radius 1 is 1.27 bits per heavy atom. The molecule has 2 rings (SSSR count). The van der Waals surface area contributed by atoms with E-state index in [9.17, 15) is 17.6 Å². The zero-order valence-electron chi connectivity index (χ0n) is 19.2. The van der Waals surface area contributed by atoms with E-state index in [1.54, 1.807) is 19.9 Å². The molecule has 2 N–H and O–H groups in total. The van der Waals surface area contributed by atoms with Crippen molar-refractivity contribution >= 4 is 21.7 Å². The zero-order chi connectivity index (χ0) is 24.6. The van der Waals surface area contributed by atoms with E-state index in [0.717, 1.165) is 19.2 Å². The molecule has 2 aromatic heterocycles. The highest BCUT2D eigenvalue weighted by Crippen LogP contribution is 2.34. The molecule has 0 saturated carbocycles. The smallest absolute Gasteiger partial charge is 0.305 e. The lowest BCUT2D eigenvalue weighted by Gasteiger charge is -2.19. The first kappa shape index (κ1) is 26.2. The predicted molar refractivity (Wildman–Crippen MR) is 125 cm³/mol. The van der Waals surface area contributed by atoms with Crippen molar-refractivity contribution in [2.45, 2.75) is 40.0 Å². The van der Waals surface area contributed by atoms with Gasteiger partial charge in [0.2, 0.25) is 16.0 Å². The number of rotatable bonds is 10. The van der Waals surface area contributed by atoms with Gasteiger partial charge in [0.1, 0.15) is 11.8 Å². The van der Waals surface area contributed by atoms with Crippen molar-refractivity contribution in [1.82, 2.24) is 19.6 Å². The summed E-state index contributed by atoms with van der Waals surface area (Å²) < 4.78 is 41.1. The van der Waals surface area contributed by atoms with Gasteiger partial charge < -0.3 is 10.2 Å². The Labute approximate surface area is 194 Å². The highest BCUT2D eigenvalue weighted by Gasteiger charge is 2.22. The van der Waals surface area contributed by atoms with E-state index in [-0.39, 0.29) is 34.3 Å². The molecule has 2 amide bonds. The fraction of sp³-hybridized carbons (Fsp3) is 0.455. The van der Waals surface area contributed by atoms with Crippen LogP contribution in [0.4, 0.5) is 14.9 Å². The van der Waals surface area contributed by atoms with Gasteiger partial charge in [0.15, 0.2) is 0 Å². The summed E-state index contributed by atoms with van der Waals surface area (Å²) in [4.78, 5) is 22.5. The van der Waals surface area contributed by atoms with Gasteiger partial charge in [0, 0.05) is 17.8 Å².